The molecule has 20 heavy (non-hydrogen) atoms. The van der Waals surface area contributed by atoms with Crippen LogP contribution in [0.1, 0.15) is 41.6 Å². The third-order valence-electron chi connectivity index (χ3n) is 4.42. The van der Waals surface area contributed by atoms with Crippen molar-refractivity contribution in [2.75, 3.05) is 25.0 Å². The van der Waals surface area contributed by atoms with Gasteiger partial charge in [0.1, 0.15) is 0 Å². The van der Waals surface area contributed by atoms with Gasteiger partial charge in [-0.1, -0.05) is 6.07 Å². The topological polar surface area (TPSA) is 52.6 Å². The molecule has 4 nitrogen and oxygen atoms in total. The molecule has 1 amide bonds. The summed E-state index contributed by atoms with van der Waals surface area (Å²) in [6.45, 7) is 1.93. The Balaban J connectivity index is 1.80. The highest BCUT2D eigenvalue weighted by atomic mass is 16.3. The van der Waals surface area contributed by atoms with E-state index in [1.807, 2.05) is 17.0 Å². The number of carbonyl (C=O) groups is 1. The highest BCUT2D eigenvalue weighted by molar-refractivity contribution is 5.95. The van der Waals surface area contributed by atoms with Crippen molar-refractivity contribution in [3.05, 3.63) is 29.3 Å². The zero-order valence-electron chi connectivity index (χ0n) is 11.8. The number of aliphatic hydroxyl groups excluding tert-OH is 1. The Morgan fingerprint density at radius 3 is 3.15 bits per heavy atom. The lowest BCUT2D eigenvalue weighted by atomic mass is 9.98. The van der Waals surface area contributed by atoms with Crippen LogP contribution in [0.3, 0.4) is 0 Å². The van der Waals surface area contributed by atoms with Gasteiger partial charge in [-0.25, -0.2) is 0 Å². The van der Waals surface area contributed by atoms with Crippen LogP contribution < -0.4 is 5.32 Å². The first-order chi connectivity index (χ1) is 9.79. The first-order valence-electron chi connectivity index (χ1n) is 7.58. The Bertz CT molecular complexity index is 499. The average molecular weight is 274 g/mol. The van der Waals surface area contributed by atoms with E-state index in [0.29, 0.717) is 6.42 Å². The van der Waals surface area contributed by atoms with Gasteiger partial charge in [-0.05, 0) is 49.8 Å². The second-order valence-corrected chi connectivity index (χ2v) is 5.71. The van der Waals surface area contributed by atoms with Crippen molar-refractivity contribution in [3.8, 4) is 0 Å². The summed E-state index contributed by atoms with van der Waals surface area (Å²) in [6.07, 6.45) is 4.96. The molecular formula is C16H22N2O2. The van der Waals surface area contributed by atoms with Crippen LogP contribution in [0.2, 0.25) is 0 Å². The van der Waals surface area contributed by atoms with E-state index in [-0.39, 0.29) is 18.6 Å². The Morgan fingerprint density at radius 1 is 1.40 bits per heavy atom. The molecule has 1 saturated heterocycles. The average Bonchev–Trinajstić information content (AvgIpc) is 2.95. The third-order valence-corrected chi connectivity index (χ3v) is 4.42. The number of benzene rings is 1. The van der Waals surface area contributed by atoms with Gasteiger partial charge in [0, 0.05) is 37.0 Å². The lowest BCUT2D eigenvalue weighted by Gasteiger charge is -2.35. The van der Waals surface area contributed by atoms with Crippen LogP contribution in [0.15, 0.2) is 18.2 Å². The molecular weight excluding hydrogens is 252 g/mol. The largest absolute Gasteiger partial charge is 0.396 e. The van der Waals surface area contributed by atoms with Crippen LogP contribution in [-0.4, -0.2) is 41.7 Å². The molecule has 1 unspecified atom stereocenters. The maximum Gasteiger partial charge on any atom is 0.254 e. The molecule has 1 aromatic rings. The number of hydrogen-bond acceptors (Lipinski definition) is 3. The summed E-state index contributed by atoms with van der Waals surface area (Å²) in [7, 11) is 0. The summed E-state index contributed by atoms with van der Waals surface area (Å²) in [6, 6.07) is 6.18. The fraction of sp³-hybridized carbons (Fsp3) is 0.562. The van der Waals surface area contributed by atoms with E-state index in [4.69, 9.17) is 5.11 Å². The molecule has 1 fully saturated rings. The minimum atomic E-state index is 0.111. The number of rotatable bonds is 3. The molecule has 0 saturated carbocycles. The van der Waals surface area contributed by atoms with Crippen LogP contribution >= 0.6 is 0 Å². The van der Waals surface area contributed by atoms with Gasteiger partial charge in [-0.3, -0.25) is 4.79 Å². The summed E-state index contributed by atoms with van der Waals surface area (Å²) in [5.41, 5.74) is 3.17. The van der Waals surface area contributed by atoms with Crippen molar-refractivity contribution in [1.82, 2.24) is 4.90 Å². The first-order valence-corrected chi connectivity index (χ1v) is 7.58. The number of nitrogens with one attached hydrogen (secondary N) is 1. The number of piperidine rings is 1. The maximum absolute atomic E-state index is 12.7. The number of hydrogen-bond donors (Lipinski definition) is 2. The van der Waals surface area contributed by atoms with Gasteiger partial charge < -0.3 is 15.3 Å². The zero-order valence-corrected chi connectivity index (χ0v) is 11.8. The Labute approximate surface area is 119 Å². The number of fused-ring (bicyclic) bond motifs is 1. The van der Waals surface area contributed by atoms with Crippen molar-refractivity contribution >= 4 is 11.6 Å². The highest BCUT2D eigenvalue weighted by Crippen LogP contribution is 2.26. The molecule has 0 aromatic heterocycles. The summed E-state index contributed by atoms with van der Waals surface area (Å²) in [5, 5.41) is 12.5. The van der Waals surface area contributed by atoms with Crippen molar-refractivity contribution in [3.63, 3.8) is 0 Å². The summed E-state index contributed by atoms with van der Waals surface area (Å²) in [5.74, 6) is 0.111. The van der Waals surface area contributed by atoms with Crippen molar-refractivity contribution in [2.45, 2.75) is 38.1 Å². The molecule has 108 valence electrons. The van der Waals surface area contributed by atoms with Gasteiger partial charge in [-0.2, -0.15) is 0 Å². The minimum Gasteiger partial charge on any atom is -0.396 e. The molecule has 2 aliphatic heterocycles. The minimum absolute atomic E-state index is 0.111. The lowest BCUT2D eigenvalue weighted by molar-refractivity contribution is 0.0574. The Hall–Kier alpha value is -1.55. The molecule has 2 N–H and O–H groups in total. The highest BCUT2D eigenvalue weighted by Gasteiger charge is 2.27. The molecule has 0 aliphatic carbocycles. The number of nitrogens with zero attached hydrogens (tertiary/aromatic N) is 1. The predicted molar refractivity (Wildman–Crippen MR) is 79.0 cm³/mol. The molecule has 3 rings (SSSR count). The van der Waals surface area contributed by atoms with E-state index < -0.39 is 0 Å². The van der Waals surface area contributed by atoms with Gasteiger partial charge in [0.05, 0.1) is 0 Å². The number of likely N-dealkylation sites (tertiary alicyclic amines) is 1. The lowest BCUT2D eigenvalue weighted by Crippen LogP contribution is -2.44. The number of anilines is 1. The second-order valence-electron chi connectivity index (χ2n) is 5.71. The SMILES string of the molecule is O=C(c1ccc2c(c1)NCC2)N1CCCCC1CCO. The third kappa shape index (κ3) is 2.52. The molecule has 1 aromatic carbocycles. The first kappa shape index (κ1) is 13.4. The van der Waals surface area contributed by atoms with Crippen LogP contribution in [-0.2, 0) is 6.42 Å². The second kappa shape index (κ2) is 5.83. The fourth-order valence-corrected chi connectivity index (χ4v) is 3.31. The summed E-state index contributed by atoms with van der Waals surface area (Å²) < 4.78 is 0. The standard InChI is InChI=1S/C16H22N2O2/c19-10-7-14-3-1-2-9-18(14)16(20)13-5-4-12-6-8-17-15(12)11-13/h4-5,11,14,17,19H,1-3,6-10H2. The van der Waals surface area contributed by atoms with Crippen LogP contribution in [0.5, 0.6) is 0 Å². The Morgan fingerprint density at radius 2 is 2.30 bits per heavy atom. The predicted octanol–water partition coefficient (Wildman–Crippen LogP) is 2.03. The summed E-state index contributed by atoms with van der Waals surface area (Å²) >= 11 is 0. The normalized spacial score (nSPS) is 21.4. The van der Waals surface area contributed by atoms with Gasteiger partial charge in [0.15, 0.2) is 0 Å². The number of carbonyl (C=O) groups excluding carboxylic acids is 1. The van der Waals surface area contributed by atoms with E-state index in [0.717, 1.165) is 50.0 Å². The van der Waals surface area contributed by atoms with Crippen LogP contribution in [0, 0.1) is 0 Å². The molecule has 0 radical (unpaired) electrons. The van der Waals surface area contributed by atoms with Crippen molar-refractivity contribution in [1.29, 1.82) is 0 Å². The van der Waals surface area contributed by atoms with Crippen LogP contribution in [0.4, 0.5) is 5.69 Å². The van der Waals surface area contributed by atoms with Crippen molar-refractivity contribution in [2.24, 2.45) is 0 Å². The fourth-order valence-electron chi connectivity index (χ4n) is 3.31. The molecule has 4 heteroatoms. The Kier molecular flexibility index (Phi) is 3.92. The van der Waals surface area contributed by atoms with Gasteiger partial charge in [0.25, 0.3) is 5.91 Å². The van der Waals surface area contributed by atoms with E-state index in [1.165, 1.54) is 5.56 Å². The van der Waals surface area contributed by atoms with E-state index >= 15 is 0 Å². The van der Waals surface area contributed by atoms with E-state index in [1.54, 1.807) is 0 Å². The van der Waals surface area contributed by atoms with E-state index in [9.17, 15) is 4.79 Å². The maximum atomic E-state index is 12.7. The van der Waals surface area contributed by atoms with Gasteiger partial charge in [0.2, 0.25) is 0 Å². The van der Waals surface area contributed by atoms with Crippen molar-refractivity contribution < 1.29 is 9.90 Å². The van der Waals surface area contributed by atoms with Gasteiger partial charge >= 0.3 is 0 Å². The quantitative estimate of drug-likeness (QED) is 0.887. The number of aliphatic hydroxyl groups is 1. The molecule has 2 aliphatic rings. The molecule has 2 heterocycles. The molecule has 0 spiro atoms. The van der Waals surface area contributed by atoms with Gasteiger partial charge in [-0.15, -0.1) is 0 Å². The number of amides is 1. The van der Waals surface area contributed by atoms with Crippen LogP contribution in [0.25, 0.3) is 0 Å². The van der Waals surface area contributed by atoms with E-state index in [2.05, 4.69) is 11.4 Å². The molecule has 1 atom stereocenters. The molecule has 0 bridgehead atoms. The monoisotopic (exact) mass is 274 g/mol. The smallest absolute Gasteiger partial charge is 0.254 e. The zero-order chi connectivity index (χ0) is 13.9. The summed E-state index contributed by atoms with van der Waals surface area (Å²) in [4.78, 5) is 14.7.